The second-order valence-electron chi connectivity index (χ2n) is 4.66. The smallest absolute Gasteiger partial charge is 0.249 e. The predicted octanol–water partition coefficient (Wildman–Crippen LogP) is 4.13. The third-order valence-corrected chi connectivity index (χ3v) is 3.47. The summed E-state index contributed by atoms with van der Waals surface area (Å²) in [6.07, 6.45) is 1.56. The molecule has 2 N–H and O–H groups in total. The van der Waals surface area contributed by atoms with Gasteiger partial charge in [-0.05, 0) is 30.3 Å². The molecular weight excluding hydrogens is 358 g/mol. The lowest BCUT2D eigenvalue weighted by atomic mass is 10.3. The molecule has 0 bridgehead atoms. The number of rotatable bonds is 5. The minimum Gasteiger partial charge on any atom is -0.497 e. The zero-order chi connectivity index (χ0) is 16.1. The van der Waals surface area contributed by atoms with E-state index in [-0.39, 0.29) is 0 Å². The Morgan fingerprint density at radius 3 is 2.57 bits per heavy atom. The van der Waals surface area contributed by atoms with Crippen LogP contribution in [0.3, 0.4) is 0 Å². The second-order valence-corrected chi connectivity index (χ2v) is 5.57. The third-order valence-electron chi connectivity index (χ3n) is 2.98. The van der Waals surface area contributed by atoms with Crippen molar-refractivity contribution in [1.29, 1.82) is 0 Å². The Morgan fingerprint density at radius 1 is 1.00 bits per heavy atom. The van der Waals surface area contributed by atoms with Crippen molar-refractivity contribution >= 4 is 39.1 Å². The van der Waals surface area contributed by atoms with E-state index in [1.807, 2.05) is 48.5 Å². The van der Waals surface area contributed by atoms with Gasteiger partial charge in [0.2, 0.25) is 5.95 Å². The number of nitrogens with one attached hydrogen (secondary N) is 2. The summed E-state index contributed by atoms with van der Waals surface area (Å²) in [5.74, 6) is 1.77. The monoisotopic (exact) mass is 371 g/mol. The van der Waals surface area contributed by atoms with Gasteiger partial charge in [-0.2, -0.15) is 10.1 Å². The summed E-state index contributed by atoms with van der Waals surface area (Å²) in [5.41, 5.74) is 1.73. The Bertz CT molecular complexity index is 812. The standard InChI is InChI=1S/C16H14BrN5O/c1-23-14-7-3-6-13(9-14)19-15-10-18-22-16(21-15)20-12-5-2-4-11(17)8-12/h2-10H,1H3,(H2,19,20,21,22). The van der Waals surface area contributed by atoms with Crippen LogP contribution in [-0.2, 0) is 0 Å². The number of hydrogen-bond acceptors (Lipinski definition) is 6. The molecule has 0 saturated carbocycles. The van der Waals surface area contributed by atoms with Crippen molar-refractivity contribution < 1.29 is 4.74 Å². The van der Waals surface area contributed by atoms with E-state index < -0.39 is 0 Å². The number of nitrogens with zero attached hydrogens (tertiary/aromatic N) is 3. The molecule has 0 aliphatic rings. The summed E-state index contributed by atoms with van der Waals surface area (Å²) in [5, 5.41) is 14.2. The van der Waals surface area contributed by atoms with Crippen molar-refractivity contribution in [3.05, 3.63) is 59.2 Å². The van der Waals surface area contributed by atoms with E-state index >= 15 is 0 Å². The van der Waals surface area contributed by atoms with Crippen molar-refractivity contribution in [3.8, 4) is 5.75 Å². The number of ether oxygens (including phenoxy) is 1. The maximum absolute atomic E-state index is 5.20. The maximum Gasteiger partial charge on any atom is 0.249 e. The fourth-order valence-corrected chi connectivity index (χ4v) is 2.36. The topological polar surface area (TPSA) is 72.0 Å². The van der Waals surface area contributed by atoms with Gasteiger partial charge in [0.25, 0.3) is 0 Å². The van der Waals surface area contributed by atoms with Crippen LogP contribution >= 0.6 is 15.9 Å². The first-order valence-corrected chi connectivity index (χ1v) is 7.65. The Hall–Kier alpha value is -2.67. The number of anilines is 4. The molecular formula is C16H14BrN5O. The minimum absolute atomic E-state index is 0.413. The van der Waals surface area contributed by atoms with Gasteiger partial charge < -0.3 is 15.4 Å². The number of methoxy groups -OCH3 is 1. The summed E-state index contributed by atoms with van der Waals surface area (Å²) in [6, 6.07) is 15.3. The quantitative estimate of drug-likeness (QED) is 0.702. The number of hydrogen-bond donors (Lipinski definition) is 2. The van der Waals surface area contributed by atoms with E-state index in [1.54, 1.807) is 13.3 Å². The van der Waals surface area contributed by atoms with Gasteiger partial charge in [0.05, 0.1) is 13.3 Å². The van der Waals surface area contributed by atoms with Crippen LogP contribution in [0.5, 0.6) is 5.75 Å². The first-order valence-electron chi connectivity index (χ1n) is 6.86. The van der Waals surface area contributed by atoms with E-state index in [1.165, 1.54) is 0 Å². The van der Waals surface area contributed by atoms with Gasteiger partial charge in [-0.3, -0.25) is 0 Å². The average molecular weight is 372 g/mol. The molecule has 0 unspecified atom stereocenters. The molecule has 0 spiro atoms. The number of benzene rings is 2. The molecule has 1 aromatic heterocycles. The van der Waals surface area contributed by atoms with E-state index in [0.29, 0.717) is 11.8 Å². The number of aromatic nitrogens is 3. The van der Waals surface area contributed by atoms with Gasteiger partial charge in [-0.15, -0.1) is 5.10 Å². The first-order chi connectivity index (χ1) is 11.2. The van der Waals surface area contributed by atoms with Gasteiger partial charge >= 0.3 is 0 Å². The molecule has 0 atom stereocenters. The van der Waals surface area contributed by atoms with E-state index in [4.69, 9.17) is 4.74 Å². The summed E-state index contributed by atoms with van der Waals surface area (Å²) in [7, 11) is 1.63. The first kappa shape index (κ1) is 15.2. The molecule has 0 fully saturated rings. The summed E-state index contributed by atoms with van der Waals surface area (Å²) < 4.78 is 6.17. The van der Waals surface area contributed by atoms with E-state index in [9.17, 15) is 0 Å². The molecule has 0 saturated heterocycles. The normalized spacial score (nSPS) is 10.2. The maximum atomic E-state index is 5.20. The van der Waals surface area contributed by atoms with Crippen LogP contribution in [0.4, 0.5) is 23.1 Å². The lowest BCUT2D eigenvalue weighted by Gasteiger charge is -2.09. The van der Waals surface area contributed by atoms with Crippen molar-refractivity contribution in [1.82, 2.24) is 15.2 Å². The zero-order valence-corrected chi connectivity index (χ0v) is 13.9. The highest BCUT2D eigenvalue weighted by Gasteiger charge is 2.03. The fourth-order valence-electron chi connectivity index (χ4n) is 1.96. The van der Waals surface area contributed by atoms with Gasteiger partial charge in [-0.1, -0.05) is 28.1 Å². The summed E-state index contributed by atoms with van der Waals surface area (Å²) in [4.78, 5) is 4.40. The van der Waals surface area contributed by atoms with Crippen molar-refractivity contribution in [2.45, 2.75) is 0 Å². The zero-order valence-electron chi connectivity index (χ0n) is 12.3. The molecule has 0 aliphatic heterocycles. The van der Waals surface area contributed by atoms with Crippen molar-refractivity contribution in [2.75, 3.05) is 17.7 Å². The SMILES string of the molecule is COc1cccc(Nc2cnnc(Nc3cccc(Br)c3)n2)c1. The molecule has 116 valence electrons. The molecule has 7 heteroatoms. The van der Waals surface area contributed by atoms with Crippen LogP contribution in [-0.4, -0.2) is 22.3 Å². The lowest BCUT2D eigenvalue weighted by molar-refractivity contribution is 0.415. The Morgan fingerprint density at radius 2 is 1.78 bits per heavy atom. The Labute approximate surface area is 142 Å². The number of halogens is 1. The second kappa shape index (κ2) is 7.06. The molecule has 3 rings (SSSR count). The van der Waals surface area contributed by atoms with Gasteiger partial charge in [0, 0.05) is 21.9 Å². The summed E-state index contributed by atoms with van der Waals surface area (Å²) in [6.45, 7) is 0. The van der Waals surface area contributed by atoms with Gasteiger partial charge in [0.1, 0.15) is 5.75 Å². The highest BCUT2D eigenvalue weighted by molar-refractivity contribution is 9.10. The largest absolute Gasteiger partial charge is 0.497 e. The lowest BCUT2D eigenvalue weighted by Crippen LogP contribution is -2.02. The molecule has 23 heavy (non-hydrogen) atoms. The average Bonchev–Trinajstić information content (AvgIpc) is 2.55. The van der Waals surface area contributed by atoms with Crippen LogP contribution in [0.2, 0.25) is 0 Å². The highest BCUT2D eigenvalue weighted by atomic mass is 79.9. The van der Waals surface area contributed by atoms with E-state index in [2.05, 4.69) is 41.7 Å². The molecule has 2 aromatic carbocycles. The van der Waals surface area contributed by atoms with Crippen molar-refractivity contribution in [3.63, 3.8) is 0 Å². The molecule has 0 amide bonds. The minimum atomic E-state index is 0.413. The Kier molecular flexibility index (Phi) is 4.68. The highest BCUT2D eigenvalue weighted by Crippen LogP contribution is 2.21. The van der Waals surface area contributed by atoms with Crippen LogP contribution < -0.4 is 15.4 Å². The molecule has 3 aromatic rings. The predicted molar refractivity (Wildman–Crippen MR) is 93.5 cm³/mol. The van der Waals surface area contributed by atoms with Crippen LogP contribution in [0.1, 0.15) is 0 Å². The van der Waals surface area contributed by atoms with Gasteiger partial charge in [0.15, 0.2) is 5.82 Å². The Balaban J connectivity index is 1.76. The van der Waals surface area contributed by atoms with Crippen LogP contribution in [0.15, 0.2) is 59.2 Å². The van der Waals surface area contributed by atoms with Crippen LogP contribution in [0.25, 0.3) is 0 Å². The molecule has 0 aliphatic carbocycles. The van der Waals surface area contributed by atoms with Crippen LogP contribution in [0, 0.1) is 0 Å². The fraction of sp³-hybridized carbons (Fsp3) is 0.0625. The molecule has 0 radical (unpaired) electrons. The third kappa shape index (κ3) is 4.17. The summed E-state index contributed by atoms with van der Waals surface area (Å²) >= 11 is 3.43. The van der Waals surface area contributed by atoms with Crippen molar-refractivity contribution in [2.24, 2.45) is 0 Å². The van der Waals surface area contributed by atoms with Gasteiger partial charge in [-0.25, -0.2) is 0 Å². The van der Waals surface area contributed by atoms with E-state index in [0.717, 1.165) is 21.6 Å². The molecule has 1 heterocycles. The molecule has 6 nitrogen and oxygen atoms in total.